The van der Waals surface area contributed by atoms with Gasteiger partial charge in [0, 0.05) is 17.2 Å². The van der Waals surface area contributed by atoms with Gasteiger partial charge < -0.3 is 10.2 Å². The lowest BCUT2D eigenvalue weighted by molar-refractivity contribution is 0.487. The fourth-order valence-electron chi connectivity index (χ4n) is 1.41. The average molecular weight is 227 g/mol. The molecular weight excluding hydrogens is 219 g/mol. The summed E-state index contributed by atoms with van der Waals surface area (Å²) in [6.07, 6.45) is 2.69. The van der Waals surface area contributed by atoms with Crippen LogP contribution in [-0.4, -0.2) is 0 Å². The Kier molecular flexibility index (Phi) is 2.70. The molecule has 2 aromatic rings. The van der Waals surface area contributed by atoms with Gasteiger partial charge in [0.2, 0.25) is 0 Å². The maximum Gasteiger partial charge on any atom is 0.161 e. The Labute approximate surface area is 89.5 Å². The zero-order valence-electron chi connectivity index (χ0n) is 8.08. The van der Waals surface area contributed by atoms with E-state index in [0.717, 1.165) is 6.07 Å². The molecule has 0 spiro atoms. The maximum absolute atomic E-state index is 13.4. The highest BCUT2D eigenvalue weighted by Crippen LogP contribution is 2.24. The molecule has 5 heteroatoms. The molecule has 1 aromatic carbocycles. The third-order valence-electron chi connectivity index (χ3n) is 2.28. The molecule has 0 amide bonds. The Morgan fingerprint density at radius 2 is 1.75 bits per heavy atom. The third-order valence-corrected chi connectivity index (χ3v) is 2.28. The number of nitrogens with two attached hydrogens (primary N) is 1. The summed E-state index contributed by atoms with van der Waals surface area (Å²) in [5.41, 5.74) is 6.07. The fraction of sp³-hybridized carbons (Fsp3) is 0.0909. The van der Waals surface area contributed by atoms with Gasteiger partial charge in [-0.3, -0.25) is 0 Å². The van der Waals surface area contributed by atoms with Crippen molar-refractivity contribution in [2.75, 3.05) is 0 Å². The van der Waals surface area contributed by atoms with E-state index in [1.54, 1.807) is 0 Å². The van der Waals surface area contributed by atoms with Gasteiger partial charge >= 0.3 is 0 Å². The van der Waals surface area contributed by atoms with Crippen molar-refractivity contribution < 1.29 is 17.6 Å². The molecule has 1 heterocycles. The average Bonchev–Trinajstić information content (AvgIpc) is 2.75. The van der Waals surface area contributed by atoms with Gasteiger partial charge in [-0.25, -0.2) is 13.2 Å². The fourth-order valence-corrected chi connectivity index (χ4v) is 1.41. The Balaban J connectivity index is 2.44. The number of furan rings is 1. The number of hydrogen-bond donors (Lipinski definition) is 1. The molecule has 84 valence electrons. The van der Waals surface area contributed by atoms with Crippen molar-refractivity contribution in [3.05, 3.63) is 59.3 Å². The number of hydrogen-bond acceptors (Lipinski definition) is 2. The smallest absolute Gasteiger partial charge is 0.161 e. The van der Waals surface area contributed by atoms with Crippen molar-refractivity contribution >= 4 is 0 Å². The summed E-state index contributed by atoms with van der Waals surface area (Å²) in [6.45, 7) is 0. The number of halogens is 3. The first-order valence-corrected chi connectivity index (χ1v) is 4.51. The van der Waals surface area contributed by atoms with Crippen molar-refractivity contribution in [1.82, 2.24) is 0 Å². The zero-order chi connectivity index (χ0) is 11.7. The monoisotopic (exact) mass is 227 g/mol. The van der Waals surface area contributed by atoms with Crippen LogP contribution in [0, 0.1) is 17.5 Å². The van der Waals surface area contributed by atoms with E-state index in [9.17, 15) is 13.2 Å². The highest BCUT2D eigenvalue weighted by atomic mass is 19.2. The van der Waals surface area contributed by atoms with Crippen molar-refractivity contribution in [2.45, 2.75) is 6.04 Å². The van der Waals surface area contributed by atoms with Crippen LogP contribution in [0.2, 0.25) is 0 Å². The van der Waals surface area contributed by atoms with Crippen molar-refractivity contribution in [2.24, 2.45) is 5.73 Å². The second kappa shape index (κ2) is 4.02. The van der Waals surface area contributed by atoms with Gasteiger partial charge in [0.25, 0.3) is 0 Å². The van der Waals surface area contributed by atoms with E-state index < -0.39 is 23.5 Å². The van der Waals surface area contributed by atoms with E-state index in [1.807, 2.05) is 0 Å². The molecule has 0 aliphatic rings. The Bertz CT molecular complexity index is 496. The van der Waals surface area contributed by atoms with Gasteiger partial charge in [0.1, 0.15) is 5.82 Å². The van der Waals surface area contributed by atoms with Gasteiger partial charge in [-0.2, -0.15) is 0 Å². The molecule has 1 aromatic heterocycles. The molecule has 0 aliphatic heterocycles. The maximum atomic E-state index is 13.4. The largest absolute Gasteiger partial charge is 0.472 e. The van der Waals surface area contributed by atoms with E-state index in [-0.39, 0.29) is 5.56 Å². The van der Waals surface area contributed by atoms with Crippen molar-refractivity contribution in [1.29, 1.82) is 0 Å². The molecule has 2 N–H and O–H groups in total. The molecule has 16 heavy (non-hydrogen) atoms. The summed E-state index contributed by atoms with van der Waals surface area (Å²) in [5, 5.41) is 0. The molecule has 0 bridgehead atoms. The topological polar surface area (TPSA) is 39.2 Å². The van der Waals surface area contributed by atoms with Gasteiger partial charge in [0.05, 0.1) is 18.6 Å². The number of benzene rings is 1. The van der Waals surface area contributed by atoms with Crippen molar-refractivity contribution in [3.8, 4) is 0 Å². The van der Waals surface area contributed by atoms with Crippen LogP contribution in [0.4, 0.5) is 13.2 Å². The third kappa shape index (κ3) is 1.81. The van der Waals surface area contributed by atoms with E-state index in [4.69, 9.17) is 10.2 Å². The van der Waals surface area contributed by atoms with Crippen LogP contribution >= 0.6 is 0 Å². The molecule has 0 radical (unpaired) electrons. The first-order chi connectivity index (χ1) is 7.59. The van der Waals surface area contributed by atoms with Crippen LogP contribution in [0.3, 0.4) is 0 Å². The summed E-state index contributed by atoms with van der Waals surface area (Å²) in [7, 11) is 0. The van der Waals surface area contributed by atoms with Crippen LogP contribution < -0.4 is 5.73 Å². The van der Waals surface area contributed by atoms with E-state index in [1.165, 1.54) is 18.6 Å². The molecule has 1 unspecified atom stereocenters. The Morgan fingerprint density at radius 1 is 1.06 bits per heavy atom. The minimum Gasteiger partial charge on any atom is -0.472 e. The first-order valence-electron chi connectivity index (χ1n) is 4.51. The zero-order valence-corrected chi connectivity index (χ0v) is 8.08. The molecule has 0 saturated carbocycles. The summed E-state index contributed by atoms with van der Waals surface area (Å²) < 4.78 is 43.8. The van der Waals surface area contributed by atoms with Crippen LogP contribution in [0.15, 0.2) is 35.1 Å². The minimum atomic E-state index is -1.24. The standard InChI is InChI=1S/C11H8F3NO/c12-8-4-10(14)9(13)3-7(8)11(15)6-1-2-16-5-6/h1-5,11H,15H2. The van der Waals surface area contributed by atoms with E-state index >= 15 is 0 Å². The first kappa shape index (κ1) is 10.8. The lowest BCUT2D eigenvalue weighted by Crippen LogP contribution is -2.13. The number of rotatable bonds is 2. The van der Waals surface area contributed by atoms with Crippen molar-refractivity contribution in [3.63, 3.8) is 0 Å². The van der Waals surface area contributed by atoms with Gasteiger partial charge in [-0.15, -0.1) is 0 Å². The van der Waals surface area contributed by atoms with Crippen LogP contribution in [0.1, 0.15) is 17.2 Å². The lowest BCUT2D eigenvalue weighted by atomic mass is 10.0. The Morgan fingerprint density at radius 3 is 2.38 bits per heavy atom. The highest BCUT2D eigenvalue weighted by molar-refractivity contribution is 5.31. The predicted octanol–water partition coefficient (Wildman–Crippen LogP) is 2.75. The summed E-state index contributed by atoms with van der Waals surface area (Å²) in [6, 6.07) is 1.88. The van der Waals surface area contributed by atoms with Crippen LogP contribution in [0.5, 0.6) is 0 Å². The molecule has 1 atom stereocenters. The van der Waals surface area contributed by atoms with Crippen LogP contribution in [-0.2, 0) is 0 Å². The molecule has 0 fully saturated rings. The van der Waals surface area contributed by atoms with Gasteiger partial charge in [-0.05, 0) is 12.1 Å². The van der Waals surface area contributed by atoms with Crippen LogP contribution in [0.25, 0.3) is 0 Å². The lowest BCUT2D eigenvalue weighted by Gasteiger charge is -2.11. The SMILES string of the molecule is NC(c1ccoc1)c1cc(F)c(F)cc1F. The Hall–Kier alpha value is -1.75. The normalized spacial score (nSPS) is 12.8. The predicted molar refractivity (Wildman–Crippen MR) is 51.1 cm³/mol. The van der Waals surface area contributed by atoms with Gasteiger partial charge in [0.15, 0.2) is 11.6 Å². The minimum absolute atomic E-state index is 0.111. The summed E-state index contributed by atoms with van der Waals surface area (Å²) >= 11 is 0. The highest BCUT2D eigenvalue weighted by Gasteiger charge is 2.17. The second-order valence-corrected chi connectivity index (χ2v) is 3.32. The molecule has 2 rings (SSSR count). The summed E-state index contributed by atoms with van der Waals surface area (Å²) in [5.74, 6) is -3.25. The van der Waals surface area contributed by atoms with E-state index in [0.29, 0.717) is 11.6 Å². The molecule has 0 aliphatic carbocycles. The van der Waals surface area contributed by atoms with Gasteiger partial charge in [-0.1, -0.05) is 0 Å². The molecular formula is C11H8F3NO. The summed E-state index contributed by atoms with van der Waals surface area (Å²) in [4.78, 5) is 0. The quantitative estimate of drug-likeness (QED) is 0.801. The molecule has 0 saturated heterocycles. The second-order valence-electron chi connectivity index (χ2n) is 3.32. The molecule has 2 nitrogen and oxygen atoms in total. The van der Waals surface area contributed by atoms with E-state index in [2.05, 4.69) is 0 Å².